The van der Waals surface area contributed by atoms with Crippen LogP contribution in [0.25, 0.3) is 0 Å². The van der Waals surface area contributed by atoms with Gasteiger partial charge in [-0.2, -0.15) is 13.2 Å². The van der Waals surface area contributed by atoms with Gasteiger partial charge in [-0.1, -0.05) is 0 Å². The molecule has 0 fully saturated rings. The number of alkyl halides is 3. The van der Waals surface area contributed by atoms with Crippen LogP contribution in [0.15, 0.2) is 40.9 Å². The standard InChI is InChI=1S/C11H9F3N2O2S2/c12-11(13,14)20(17,18)10-3-1-8(2-4-10)16-6-9-5-15-7-19-9/h1-5,7,16H,6H2. The average molecular weight is 322 g/mol. The van der Waals surface area contributed by atoms with Crippen LogP contribution in [0, 0.1) is 0 Å². The van der Waals surface area contributed by atoms with E-state index in [4.69, 9.17) is 0 Å². The van der Waals surface area contributed by atoms with Gasteiger partial charge in [-0.05, 0) is 24.3 Å². The first kappa shape index (κ1) is 14.8. The van der Waals surface area contributed by atoms with Crippen LogP contribution in [0.1, 0.15) is 4.88 Å². The first-order valence-corrected chi connectivity index (χ1v) is 7.69. The van der Waals surface area contributed by atoms with Gasteiger partial charge in [-0.3, -0.25) is 4.98 Å². The number of aromatic nitrogens is 1. The molecule has 0 amide bonds. The smallest absolute Gasteiger partial charge is 0.380 e. The molecule has 0 bridgehead atoms. The Hall–Kier alpha value is -1.61. The molecule has 2 rings (SSSR count). The summed E-state index contributed by atoms with van der Waals surface area (Å²) < 4.78 is 59.3. The van der Waals surface area contributed by atoms with Gasteiger partial charge in [0.05, 0.1) is 17.0 Å². The topological polar surface area (TPSA) is 59.1 Å². The Balaban J connectivity index is 2.11. The molecule has 0 atom stereocenters. The molecule has 2 aromatic rings. The van der Waals surface area contributed by atoms with Crippen LogP contribution in [-0.4, -0.2) is 18.9 Å². The zero-order chi connectivity index (χ0) is 14.8. The third kappa shape index (κ3) is 3.10. The summed E-state index contributed by atoms with van der Waals surface area (Å²) >= 11 is 1.43. The molecule has 9 heteroatoms. The molecule has 0 aliphatic heterocycles. The normalized spacial score (nSPS) is 12.3. The number of rotatable bonds is 4. The predicted molar refractivity (Wildman–Crippen MR) is 69.1 cm³/mol. The van der Waals surface area contributed by atoms with Crippen molar-refractivity contribution in [2.45, 2.75) is 16.9 Å². The molecule has 0 radical (unpaired) electrons. The van der Waals surface area contributed by atoms with Crippen LogP contribution >= 0.6 is 11.3 Å². The van der Waals surface area contributed by atoms with E-state index in [0.29, 0.717) is 12.2 Å². The lowest BCUT2D eigenvalue weighted by Gasteiger charge is -2.09. The minimum absolute atomic E-state index is 0.468. The molecule has 1 aromatic heterocycles. The van der Waals surface area contributed by atoms with Crippen LogP contribution in [0.5, 0.6) is 0 Å². The number of thiazole rings is 1. The minimum atomic E-state index is -5.29. The van der Waals surface area contributed by atoms with Gasteiger partial charge in [-0.25, -0.2) is 8.42 Å². The van der Waals surface area contributed by atoms with E-state index in [2.05, 4.69) is 10.3 Å². The molecule has 108 valence electrons. The summed E-state index contributed by atoms with van der Waals surface area (Å²) in [6, 6.07) is 4.44. The van der Waals surface area contributed by atoms with Crippen LogP contribution in [0.4, 0.5) is 18.9 Å². The highest BCUT2D eigenvalue weighted by Gasteiger charge is 2.46. The largest absolute Gasteiger partial charge is 0.501 e. The molecule has 0 aliphatic rings. The molecule has 4 nitrogen and oxygen atoms in total. The van der Waals surface area contributed by atoms with E-state index in [0.717, 1.165) is 17.0 Å². The van der Waals surface area contributed by atoms with Crippen LogP contribution in [-0.2, 0) is 16.4 Å². The number of nitrogens with zero attached hydrogens (tertiary/aromatic N) is 1. The van der Waals surface area contributed by atoms with Crippen molar-refractivity contribution in [3.05, 3.63) is 40.8 Å². The van der Waals surface area contributed by atoms with Crippen molar-refractivity contribution in [2.75, 3.05) is 5.32 Å². The van der Waals surface area contributed by atoms with E-state index in [1.165, 1.54) is 23.5 Å². The third-order valence-electron chi connectivity index (χ3n) is 2.42. The molecule has 0 aliphatic carbocycles. The number of halogens is 3. The second-order valence-electron chi connectivity index (χ2n) is 3.79. The maximum atomic E-state index is 12.3. The molecule has 20 heavy (non-hydrogen) atoms. The molecular weight excluding hydrogens is 313 g/mol. The van der Waals surface area contributed by atoms with Crippen LogP contribution in [0.3, 0.4) is 0 Å². The number of anilines is 1. The highest BCUT2D eigenvalue weighted by Crippen LogP contribution is 2.30. The number of nitrogens with one attached hydrogen (secondary N) is 1. The molecule has 0 saturated carbocycles. The summed E-state index contributed by atoms with van der Waals surface area (Å²) in [4.78, 5) is 4.07. The Kier molecular flexibility index (Phi) is 4.00. The molecule has 0 unspecified atom stereocenters. The first-order chi connectivity index (χ1) is 9.30. The Morgan fingerprint density at radius 3 is 2.35 bits per heavy atom. The van der Waals surface area contributed by atoms with Crippen molar-refractivity contribution in [1.82, 2.24) is 4.98 Å². The zero-order valence-electron chi connectivity index (χ0n) is 9.89. The zero-order valence-corrected chi connectivity index (χ0v) is 11.5. The fourth-order valence-electron chi connectivity index (χ4n) is 1.40. The summed E-state index contributed by atoms with van der Waals surface area (Å²) in [5.74, 6) is 0. The number of hydrogen-bond donors (Lipinski definition) is 1. The molecular formula is C11H9F3N2O2S2. The summed E-state index contributed by atoms with van der Waals surface area (Å²) in [6.45, 7) is 0.468. The van der Waals surface area contributed by atoms with Gasteiger partial charge in [0.1, 0.15) is 0 Å². The molecule has 1 heterocycles. The Bertz CT molecular complexity index is 665. The van der Waals surface area contributed by atoms with Gasteiger partial charge >= 0.3 is 5.51 Å². The maximum absolute atomic E-state index is 12.3. The van der Waals surface area contributed by atoms with E-state index in [9.17, 15) is 21.6 Å². The SMILES string of the molecule is O=S(=O)(c1ccc(NCc2cncs2)cc1)C(F)(F)F. The average Bonchev–Trinajstić information content (AvgIpc) is 2.88. The summed E-state index contributed by atoms with van der Waals surface area (Å²) in [5, 5.41) is 2.96. The lowest BCUT2D eigenvalue weighted by atomic mass is 10.3. The van der Waals surface area contributed by atoms with Crippen LogP contribution in [0.2, 0.25) is 0 Å². The summed E-state index contributed by atoms with van der Waals surface area (Å²) in [7, 11) is -5.29. The highest BCUT2D eigenvalue weighted by molar-refractivity contribution is 7.92. The van der Waals surface area contributed by atoms with Crippen molar-refractivity contribution in [3.8, 4) is 0 Å². The minimum Gasteiger partial charge on any atom is -0.380 e. The van der Waals surface area contributed by atoms with Gasteiger partial charge < -0.3 is 5.32 Å². The maximum Gasteiger partial charge on any atom is 0.501 e. The number of hydrogen-bond acceptors (Lipinski definition) is 5. The third-order valence-corrected chi connectivity index (χ3v) is 4.70. The lowest BCUT2D eigenvalue weighted by Crippen LogP contribution is -2.23. The second-order valence-corrected chi connectivity index (χ2v) is 6.71. The Morgan fingerprint density at radius 2 is 1.85 bits per heavy atom. The number of benzene rings is 1. The molecule has 1 N–H and O–H groups in total. The first-order valence-electron chi connectivity index (χ1n) is 5.33. The van der Waals surface area contributed by atoms with Crippen molar-refractivity contribution >= 4 is 26.9 Å². The summed E-state index contributed by atoms with van der Waals surface area (Å²) in [6.07, 6.45) is 1.67. The summed E-state index contributed by atoms with van der Waals surface area (Å²) in [5.41, 5.74) is -3.10. The van der Waals surface area contributed by atoms with E-state index in [1.807, 2.05) is 0 Å². The monoisotopic (exact) mass is 322 g/mol. The van der Waals surface area contributed by atoms with Gasteiger partial charge in [0.15, 0.2) is 0 Å². The van der Waals surface area contributed by atoms with Gasteiger partial charge in [0, 0.05) is 16.8 Å². The quantitative estimate of drug-likeness (QED) is 0.940. The van der Waals surface area contributed by atoms with E-state index in [1.54, 1.807) is 11.7 Å². The highest BCUT2D eigenvalue weighted by atomic mass is 32.2. The van der Waals surface area contributed by atoms with Crippen LogP contribution < -0.4 is 5.32 Å². The van der Waals surface area contributed by atoms with E-state index in [-0.39, 0.29) is 0 Å². The predicted octanol–water partition coefficient (Wildman–Crippen LogP) is 3.05. The Labute approximate surface area is 117 Å². The van der Waals surface area contributed by atoms with Crippen molar-refractivity contribution < 1.29 is 21.6 Å². The molecule has 0 spiro atoms. The second kappa shape index (κ2) is 5.41. The van der Waals surface area contributed by atoms with Crippen molar-refractivity contribution in [2.24, 2.45) is 0 Å². The van der Waals surface area contributed by atoms with Crippen molar-refractivity contribution in [3.63, 3.8) is 0 Å². The molecule has 0 saturated heterocycles. The lowest BCUT2D eigenvalue weighted by molar-refractivity contribution is -0.0436. The van der Waals surface area contributed by atoms with Gasteiger partial charge in [0.2, 0.25) is 0 Å². The fourth-order valence-corrected chi connectivity index (χ4v) is 2.70. The Morgan fingerprint density at radius 1 is 1.20 bits per heavy atom. The van der Waals surface area contributed by atoms with Crippen molar-refractivity contribution in [1.29, 1.82) is 0 Å². The van der Waals surface area contributed by atoms with E-state index < -0.39 is 20.2 Å². The fraction of sp³-hybridized carbons (Fsp3) is 0.182. The van der Waals surface area contributed by atoms with E-state index >= 15 is 0 Å². The van der Waals surface area contributed by atoms with Gasteiger partial charge in [0.25, 0.3) is 9.84 Å². The molecule has 1 aromatic carbocycles. The number of sulfone groups is 1. The van der Waals surface area contributed by atoms with Gasteiger partial charge in [-0.15, -0.1) is 11.3 Å².